The van der Waals surface area contributed by atoms with Crippen LogP contribution in [0.3, 0.4) is 0 Å². The van der Waals surface area contributed by atoms with Crippen LogP contribution in [0.2, 0.25) is 5.02 Å². The van der Waals surface area contributed by atoms with Crippen LogP contribution in [0.4, 0.5) is 10.1 Å². The highest BCUT2D eigenvalue weighted by atomic mass is 35.5. The van der Waals surface area contributed by atoms with Crippen molar-refractivity contribution in [1.82, 2.24) is 9.91 Å². The van der Waals surface area contributed by atoms with Crippen LogP contribution in [0.25, 0.3) is 0 Å². The van der Waals surface area contributed by atoms with Crippen molar-refractivity contribution in [3.8, 4) is 11.5 Å². The van der Waals surface area contributed by atoms with E-state index in [1.807, 2.05) is 36.4 Å². The number of phenolic OH excluding ortho intramolecular Hbond substituents is 1. The fraction of sp³-hybridized carbons (Fsp3) is 0.250. The van der Waals surface area contributed by atoms with Crippen LogP contribution >= 0.6 is 11.6 Å². The summed E-state index contributed by atoms with van der Waals surface area (Å²) in [5, 5.41) is 12.0. The minimum absolute atomic E-state index is 0.107. The van der Waals surface area contributed by atoms with E-state index in [0.717, 1.165) is 16.1 Å². The molecule has 6 atom stereocenters. The second kappa shape index (κ2) is 12.4. The number of rotatable bonds is 7. The predicted molar refractivity (Wildman–Crippen MR) is 186 cm³/mol. The van der Waals surface area contributed by atoms with Gasteiger partial charge in [0.25, 0.3) is 11.8 Å². The Morgan fingerprint density at radius 3 is 2.33 bits per heavy atom. The Bertz CT molecular complexity index is 2110. The molecule has 4 aromatic carbocycles. The molecule has 9 nitrogen and oxygen atoms in total. The van der Waals surface area contributed by atoms with E-state index in [0.29, 0.717) is 21.8 Å². The number of allylic oxidation sites excluding steroid dienone is 2. The molecular weight excluding hydrogens is 673 g/mol. The molecule has 2 aliphatic carbocycles. The van der Waals surface area contributed by atoms with E-state index in [1.54, 1.807) is 36.4 Å². The lowest BCUT2D eigenvalue weighted by Crippen LogP contribution is -2.53. The van der Waals surface area contributed by atoms with Crippen molar-refractivity contribution in [2.75, 3.05) is 12.5 Å². The number of phenols is 1. The lowest BCUT2D eigenvalue weighted by molar-refractivity contribution is -0.142. The largest absolute Gasteiger partial charge is 0.504 e. The molecule has 8 rings (SSSR count). The van der Waals surface area contributed by atoms with Gasteiger partial charge in [0.05, 0.1) is 42.5 Å². The lowest BCUT2D eigenvalue weighted by Gasteiger charge is -2.50. The van der Waals surface area contributed by atoms with Crippen LogP contribution in [-0.4, -0.2) is 45.8 Å². The van der Waals surface area contributed by atoms with E-state index in [4.69, 9.17) is 16.3 Å². The van der Waals surface area contributed by atoms with Gasteiger partial charge in [0.15, 0.2) is 11.5 Å². The number of nitrogens with one attached hydrogen (secondary N) is 1. The molecule has 4 aliphatic rings. The molecule has 0 bridgehead atoms. The second-order valence-corrected chi connectivity index (χ2v) is 14.0. The van der Waals surface area contributed by atoms with Crippen LogP contribution in [0.15, 0.2) is 109 Å². The van der Waals surface area contributed by atoms with Gasteiger partial charge in [-0.15, -0.1) is 0 Å². The van der Waals surface area contributed by atoms with E-state index in [9.17, 15) is 23.9 Å². The minimum atomic E-state index is -1.54. The molecular formula is C40H33ClFN3O6. The van der Waals surface area contributed by atoms with Crippen LogP contribution in [0, 0.1) is 29.5 Å². The summed E-state index contributed by atoms with van der Waals surface area (Å²) in [6, 6.07) is 26.3. The van der Waals surface area contributed by atoms with Crippen LogP contribution < -0.4 is 10.2 Å². The monoisotopic (exact) mass is 705 g/mol. The van der Waals surface area contributed by atoms with Gasteiger partial charge in [-0.05, 0) is 84.0 Å². The topological polar surface area (TPSA) is 116 Å². The summed E-state index contributed by atoms with van der Waals surface area (Å²) in [4.78, 5) is 59.5. The van der Waals surface area contributed by atoms with Crippen molar-refractivity contribution in [2.24, 2.45) is 23.7 Å². The first-order chi connectivity index (χ1) is 24.6. The Morgan fingerprint density at radius 1 is 0.902 bits per heavy atom. The smallest absolute Gasteiger partial charge is 0.260 e. The molecule has 4 aromatic rings. The highest BCUT2D eigenvalue weighted by Crippen LogP contribution is 2.64. The number of ether oxygens (including phenoxy) is 1. The van der Waals surface area contributed by atoms with Crippen LogP contribution in [-0.2, 0) is 31.1 Å². The normalized spacial score (nSPS) is 26.8. The number of hydrogen-bond donors (Lipinski definition) is 2. The molecule has 0 aromatic heterocycles. The number of aromatic hydroxyl groups is 1. The molecule has 4 amide bonds. The number of benzene rings is 4. The van der Waals surface area contributed by atoms with Gasteiger partial charge in [-0.25, -0.2) is 4.39 Å². The van der Waals surface area contributed by atoms with E-state index < -0.39 is 52.6 Å². The molecule has 0 radical (unpaired) electrons. The maximum atomic E-state index is 15.2. The summed E-state index contributed by atoms with van der Waals surface area (Å²) in [5.74, 6) is -5.75. The zero-order valence-corrected chi connectivity index (χ0v) is 28.2. The van der Waals surface area contributed by atoms with Gasteiger partial charge in [0, 0.05) is 10.9 Å². The average Bonchev–Trinajstić information content (AvgIpc) is 3.50. The van der Waals surface area contributed by atoms with Gasteiger partial charge < -0.3 is 9.84 Å². The SMILES string of the molecule is COc1cc([C@H]2C3=CC[C@@H]4C(=O)N(Cc5ccccc5)C(=O)[C@@H]4[C@@H]3C[C@H]3C(=O)N(Nc4ccc(F)cc4)C(=O)[C@@]23c2ccc(Cl)cc2)ccc1O. The Balaban J connectivity index is 1.31. The summed E-state index contributed by atoms with van der Waals surface area (Å²) < 4.78 is 19.4. The first-order valence-corrected chi connectivity index (χ1v) is 17.1. The first-order valence-electron chi connectivity index (χ1n) is 16.8. The zero-order chi connectivity index (χ0) is 35.6. The number of imide groups is 2. The second-order valence-electron chi connectivity index (χ2n) is 13.6. The Morgan fingerprint density at radius 2 is 1.63 bits per heavy atom. The van der Waals surface area contributed by atoms with E-state index in [-0.39, 0.29) is 42.7 Å². The number of carbonyl (C=O) groups excluding carboxylic acids is 4. The molecule has 2 aliphatic heterocycles. The standard InChI is InChI=1S/C40H33ClFN3O6/c1-51-33-19-23(7-18-32(33)46)35-28-16-17-29-34(38(49)44(36(29)47)21-22-5-3-2-4-6-22)30(28)20-31-37(48)45(43-27-14-12-26(42)13-15-27)39(50)40(31,35)24-8-10-25(41)11-9-24/h2-16,18-19,29-31,34-35,43,46H,17,20-21H2,1H3/t29-,30+,31-,34-,35-,40+/m0/s1. The number of nitrogens with zero attached hydrogens (tertiary/aromatic N) is 2. The third-order valence-electron chi connectivity index (χ3n) is 11.1. The molecule has 0 spiro atoms. The lowest BCUT2D eigenvalue weighted by atomic mass is 9.49. The van der Waals surface area contributed by atoms with Gasteiger partial charge in [-0.3, -0.25) is 29.5 Å². The van der Waals surface area contributed by atoms with Gasteiger partial charge in [-0.2, -0.15) is 5.01 Å². The first kappa shape index (κ1) is 32.7. The van der Waals surface area contributed by atoms with Crippen molar-refractivity contribution in [3.63, 3.8) is 0 Å². The Labute approximate surface area is 298 Å². The van der Waals surface area contributed by atoms with Gasteiger partial charge in [0.1, 0.15) is 5.82 Å². The van der Waals surface area contributed by atoms with Crippen molar-refractivity contribution >= 4 is 40.9 Å². The number of carbonyl (C=O) groups is 4. The molecule has 2 heterocycles. The number of halogens is 2. The molecule has 51 heavy (non-hydrogen) atoms. The van der Waals surface area contributed by atoms with Crippen molar-refractivity contribution in [2.45, 2.75) is 30.7 Å². The van der Waals surface area contributed by atoms with Crippen molar-refractivity contribution in [1.29, 1.82) is 0 Å². The van der Waals surface area contributed by atoms with E-state index >= 15 is 4.79 Å². The van der Waals surface area contributed by atoms with Crippen LogP contribution in [0.5, 0.6) is 11.5 Å². The van der Waals surface area contributed by atoms with E-state index in [2.05, 4.69) is 5.43 Å². The third-order valence-corrected chi connectivity index (χ3v) is 11.3. The summed E-state index contributed by atoms with van der Waals surface area (Å²) in [6.07, 6.45) is 2.36. The van der Waals surface area contributed by atoms with Crippen molar-refractivity contribution in [3.05, 3.63) is 136 Å². The number of anilines is 1. The number of likely N-dealkylation sites (tertiary alicyclic amines) is 1. The zero-order valence-electron chi connectivity index (χ0n) is 27.5. The number of amides is 4. The van der Waals surface area contributed by atoms with E-state index in [1.165, 1.54) is 42.3 Å². The maximum Gasteiger partial charge on any atom is 0.260 e. The number of methoxy groups -OCH3 is 1. The van der Waals surface area contributed by atoms with Gasteiger partial charge >= 0.3 is 0 Å². The number of hydrogen-bond acceptors (Lipinski definition) is 7. The van der Waals surface area contributed by atoms with Gasteiger partial charge in [0.2, 0.25) is 11.8 Å². The molecule has 0 unspecified atom stereocenters. The highest BCUT2D eigenvalue weighted by Gasteiger charge is 2.70. The van der Waals surface area contributed by atoms with Crippen LogP contribution in [0.1, 0.15) is 35.4 Å². The molecule has 1 saturated carbocycles. The summed E-state index contributed by atoms with van der Waals surface area (Å²) in [6.45, 7) is 0.136. The third kappa shape index (κ3) is 5.03. The Kier molecular flexibility index (Phi) is 7.94. The summed E-state index contributed by atoms with van der Waals surface area (Å²) >= 11 is 6.35. The average molecular weight is 706 g/mol. The molecule has 2 saturated heterocycles. The molecule has 11 heteroatoms. The van der Waals surface area contributed by atoms with Gasteiger partial charge in [-0.1, -0.05) is 71.8 Å². The summed E-state index contributed by atoms with van der Waals surface area (Å²) in [7, 11) is 1.42. The number of hydrazine groups is 1. The molecule has 258 valence electrons. The van der Waals surface area contributed by atoms with Crippen molar-refractivity contribution < 1.29 is 33.4 Å². The fourth-order valence-corrected chi connectivity index (χ4v) is 9.02. The summed E-state index contributed by atoms with van der Waals surface area (Å²) in [5.41, 5.74) is 4.44. The number of fused-ring (bicyclic) bond motifs is 4. The molecule has 3 fully saturated rings. The Hall–Kier alpha value is -5.48. The molecule has 2 N–H and O–H groups in total. The fourth-order valence-electron chi connectivity index (χ4n) is 8.89. The minimum Gasteiger partial charge on any atom is -0.504 e. The highest BCUT2D eigenvalue weighted by molar-refractivity contribution is 6.30. The quantitative estimate of drug-likeness (QED) is 0.169. The predicted octanol–water partition coefficient (Wildman–Crippen LogP) is 6.38. The maximum absolute atomic E-state index is 15.2.